The third kappa shape index (κ3) is 3.57. The molecule has 3 fully saturated rings. The second-order valence-electron chi connectivity index (χ2n) is 8.67. The van der Waals surface area contributed by atoms with E-state index in [-0.39, 0.29) is 48.3 Å². The predicted molar refractivity (Wildman–Crippen MR) is 117 cm³/mol. The first-order valence-corrected chi connectivity index (χ1v) is 11.1. The quantitative estimate of drug-likeness (QED) is 0.420. The molecule has 3 aliphatic rings. The second kappa shape index (κ2) is 8.22. The Balaban J connectivity index is 1.29. The lowest BCUT2D eigenvalue weighted by atomic mass is 9.81. The van der Waals surface area contributed by atoms with E-state index in [4.69, 9.17) is 4.74 Å². The first-order chi connectivity index (χ1) is 15.5. The molecular weight excluding hydrogens is 408 g/mol. The Kier molecular flexibility index (Phi) is 5.25. The van der Waals surface area contributed by atoms with Crippen LogP contribution in [-0.4, -0.2) is 30.2 Å². The SMILES string of the molecule is O=C(Oc1cccc(N2C(=O)[C@H]3CCCC[C@@H]3C2=O)c1)[C@@H]1CC(=O)N(c2ccccc2)C1. The molecule has 5 rings (SSSR count). The van der Waals surface area contributed by atoms with Gasteiger partial charge in [0.2, 0.25) is 17.7 Å². The lowest BCUT2D eigenvalue weighted by Crippen LogP contribution is -2.31. The fourth-order valence-corrected chi connectivity index (χ4v) is 5.03. The number of fused-ring (bicyclic) bond motifs is 1. The molecule has 7 heteroatoms. The summed E-state index contributed by atoms with van der Waals surface area (Å²) < 4.78 is 5.55. The van der Waals surface area contributed by atoms with Crippen molar-refractivity contribution in [2.45, 2.75) is 32.1 Å². The molecule has 0 N–H and O–H groups in total. The summed E-state index contributed by atoms with van der Waals surface area (Å²) in [6.07, 6.45) is 3.50. The van der Waals surface area contributed by atoms with Crippen LogP contribution in [0.25, 0.3) is 0 Å². The van der Waals surface area contributed by atoms with Crippen LogP contribution in [0.3, 0.4) is 0 Å². The first kappa shape index (κ1) is 20.4. The third-order valence-electron chi connectivity index (χ3n) is 6.66. The van der Waals surface area contributed by atoms with Gasteiger partial charge < -0.3 is 9.64 Å². The van der Waals surface area contributed by atoms with Crippen LogP contribution in [0.5, 0.6) is 5.75 Å². The molecule has 0 radical (unpaired) electrons. The molecule has 0 unspecified atom stereocenters. The number of anilines is 2. The molecule has 1 aliphatic carbocycles. The van der Waals surface area contributed by atoms with Gasteiger partial charge in [0.05, 0.1) is 23.4 Å². The fraction of sp³-hybridized carbons (Fsp3) is 0.360. The minimum absolute atomic E-state index is 0.0832. The van der Waals surface area contributed by atoms with Crippen LogP contribution in [-0.2, 0) is 19.2 Å². The van der Waals surface area contributed by atoms with Crippen LogP contribution in [0.2, 0.25) is 0 Å². The average molecular weight is 432 g/mol. The van der Waals surface area contributed by atoms with Crippen molar-refractivity contribution in [3.05, 3.63) is 54.6 Å². The molecule has 1 saturated carbocycles. The summed E-state index contributed by atoms with van der Waals surface area (Å²) in [5.41, 5.74) is 1.18. The monoisotopic (exact) mass is 432 g/mol. The van der Waals surface area contributed by atoms with Gasteiger partial charge in [0.1, 0.15) is 5.75 Å². The van der Waals surface area contributed by atoms with E-state index in [1.165, 1.54) is 4.90 Å². The van der Waals surface area contributed by atoms with Gasteiger partial charge in [0.25, 0.3) is 0 Å². The second-order valence-corrected chi connectivity index (χ2v) is 8.67. The summed E-state index contributed by atoms with van der Waals surface area (Å²) in [5.74, 6) is -1.75. The van der Waals surface area contributed by atoms with E-state index in [9.17, 15) is 19.2 Å². The molecule has 2 heterocycles. The number of rotatable bonds is 4. The van der Waals surface area contributed by atoms with Crippen LogP contribution in [0.1, 0.15) is 32.1 Å². The van der Waals surface area contributed by atoms with Crippen LogP contribution in [0, 0.1) is 17.8 Å². The molecule has 3 atom stereocenters. The minimum atomic E-state index is -0.579. The number of esters is 1. The van der Waals surface area contributed by atoms with Gasteiger partial charge in [-0.15, -0.1) is 0 Å². The number of hydrogen-bond donors (Lipinski definition) is 0. The van der Waals surface area contributed by atoms with Crippen molar-refractivity contribution >= 4 is 35.1 Å². The summed E-state index contributed by atoms with van der Waals surface area (Å²) in [7, 11) is 0. The van der Waals surface area contributed by atoms with Gasteiger partial charge in [0.15, 0.2) is 0 Å². The van der Waals surface area contributed by atoms with Gasteiger partial charge in [-0.3, -0.25) is 19.2 Å². The number of carbonyl (C=O) groups is 4. The van der Waals surface area contributed by atoms with E-state index >= 15 is 0 Å². The van der Waals surface area contributed by atoms with E-state index in [0.717, 1.165) is 31.4 Å². The Morgan fingerprint density at radius 3 is 2.19 bits per heavy atom. The highest BCUT2D eigenvalue weighted by molar-refractivity contribution is 6.22. The standard InChI is InChI=1S/C25H24N2O5/c28-22-13-16(15-26(22)17-7-2-1-3-8-17)25(31)32-19-10-6-9-18(14-19)27-23(29)20-11-4-5-12-21(20)24(27)30/h1-3,6-10,14,16,20-21H,4-5,11-13,15H2/t16-,20+,21+/m1/s1. The number of nitrogens with zero attached hydrogens (tertiary/aromatic N) is 2. The van der Waals surface area contributed by atoms with E-state index in [0.29, 0.717) is 5.69 Å². The van der Waals surface area contributed by atoms with Gasteiger partial charge in [-0.05, 0) is 37.1 Å². The zero-order chi connectivity index (χ0) is 22.2. The van der Waals surface area contributed by atoms with Gasteiger partial charge in [-0.25, -0.2) is 4.90 Å². The van der Waals surface area contributed by atoms with Gasteiger partial charge in [-0.2, -0.15) is 0 Å². The Morgan fingerprint density at radius 1 is 0.844 bits per heavy atom. The van der Waals surface area contributed by atoms with Gasteiger partial charge in [0, 0.05) is 24.7 Å². The number of amides is 3. The lowest BCUT2D eigenvalue weighted by Gasteiger charge is -2.19. The number of imide groups is 1. The van der Waals surface area contributed by atoms with Crippen LogP contribution < -0.4 is 14.5 Å². The van der Waals surface area contributed by atoms with E-state index in [1.807, 2.05) is 30.3 Å². The number of carbonyl (C=O) groups excluding carboxylic acids is 4. The molecule has 7 nitrogen and oxygen atoms in total. The number of benzene rings is 2. The Labute approximate surface area is 185 Å². The predicted octanol–water partition coefficient (Wildman–Crippen LogP) is 3.32. The molecular formula is C25H24N2O5. The highest BCUT2D eigenvalue weighted by Gasteiger charge is 2.48. The van der Waals surface area contributed by atoms with Crippen molar-refractivity contribution < 1.29 is 23.9 Å². The van der Waals surface area contributed by atoms with E-state index in [2.05, 4.69) is 0 Å². The van der Waals surface area contributed by atoms with Crippen LogP contribution in [0.4, 0.5) is 11.4 Å². The number of hydrogen-bond acceptors (Lipinski definition) is 5. The van der Waals surface area contributed by atoms with Gasteiger partial charge in [-0.1, -0.05) is 37.1 Å². The fourth-order valence-electron chi connectivity index (χ4n) is 5.03. The smallest absolute Gasteiger partial charge is 0.316 e. The maximum atomic E-state index is 12.9. The van der Waals surface area contributed by atoms with Gasteiger partial charge >= 0.3 is 5.97 Å². The topological polar surface area (TPSA) is 84.0 Å². The van der Waals surface area contributed by atoms with Crippen LogP contribution >= 0.6 is 0 Å². The average Bonchev–Trinajstić information content (AvgIpc) is 3.32. The highest BCUT2D eigenvalue weighted by atomic mass is 16.5. The third-order valence-corrected chi connectivity index (χ3v) is 6.66. The van der Waals surface area contributed by atoms with Crippen molar-refractivity contribution in [2.24, 2.45) is 17.8 Å². The van der Waals surface area contributed by atoms with E-state index in [1.54, 1.807) is 29.2 Å². The molecule has 32 heavy (non-hydrogen) atoms. The normalized spacial score (nSPS) is 25.2. The minimum Gasteiger partial charge on any atom is -0.426 e. The maximum absolute atomic E-state index is 12.9. The summed E-state index contributed by atoms with van der Waals surface area (Å²) in [4.78, 5) is 53.7. The summed E-state index contributed by atoms with van der Waals surface area (Å²) in [6.45, 7) is 0.258. The molecule has 164 valence electrons. The van der Waals surface area contributed by atoms with Crippen LogP contribution in [0.15, 0.2) is 54.6 Å². The highest BCUT2D eigenvalue weighted by Crippen LogP contribution is 2.40. The summed E-state index contributed by atoms with van der Waals surface area (Å²) >= 11 is 0. The Hall–Kier alpha value is -3.48. The zero-order valence-electron chi connectivity index (χ0n) is 17.6. The Bertz CT molecular complexity index is 1060. The molecule has 2 aromatic rings. The molecule has 2 aromatic carbocycles. The molecule has 0 aromatic heterocycles. The van der Waals surface area contributed by atoms with Crippen molar-refractivity contribution in [3.8, 4) is 5.75 Å². The lowest BCUT2D eigenvalue weighted by molar-refractivity contribution is -0.139. The summed E-state index contributed by atoms with van der Waals surface area (Å²) in [5, 5.41) is 0. The van der Waals surface area contributed by atoms with Crippen molar-refractivity contribution in [1.82, 2.24) is 0 Å². The number of ether oxygens (including phenoxy) is 1. The first-order valence-electron chi connectivity index (χ1n) is 11.1. The maximum Gasteiger partial charge on any atom is 0.316 e. The molecule has 2 aliphatic heterocycles. The molecule has 0 bridgehead atoms. The largest absolute Gasteiger partial charge is 0.426 e. The molecule has 0 spiro atoms. The number of para-hydroxylation sites is 1. The molecule has 3 amide bonds. The molecule has 2 saturated heterocycles. The Morgan fingerprint density at radius 2 is 1.50 bits per heavy atom. The summed E-state index contributed by atoms with van der Waals surface area (Å²) in [6, 6.07) is 15.7. The van der Waals surface area contributed by atoms with E-state index < -0.39 is 11.9 Å². The van der Waals surface area contributed by atoms with Crippen molar-refractivity contribution in [3.63, 3.8) is 0 Å². The van der Waals surface area contributed by atoms with Crippen molar-refractivity contribution in [1.29, 1.82) is 0 Å². The zero-order valence-corrected chi connectivity index (χ0v) is 17.6. The van der Waals surface area contributed by atoms with Crippen molar-refractivity contribution in [2.75, 3.05) is 16.3 Å².